The molecule has 1 aliphatic heterocycles. The van der Waals surface area contributed by atoms with Gasteiger partial charge in [-0.2, -0.15) is 0 Å². The third kappa shape index (κ3) is 4.72. The highest BCUT2D eigenvalue weighted by Crippen LogP contribution is 2.28. The van der Waals surface area contributed by atoms with Crippen molar-refractivity contribution in [1.82, 2.24) is 10.2 Å². The second kappa shape index (κ2) is 7.87. The first kappa shape index (κ1) is 19.2. The van der Waals surface area contributed by atoms with Gasteiger partial charge in [-0.3, -0.25) is 9.69 Å². The van der Waals surface area contributed by atoms with Gasteiger partial charge >= 0.3 is 6.03 Å². The Labute approximate surface area is 149 Å². The molecule has 1 fully saturated rings. The zero-order chi connectivity index (χ0) is 18.6. The van der Waals surface area contributed by atoms with E-state index < -0.39 is 6.04 Å². The second-order valence-electron chi connectivity index (χ2n) is 7.33. The van der Waals surface area contributed by atoms with Gasteiger partial charge in [0.2, 0.25) is 0 Å². The molecule has 1 atom stereocenters. The Morgan fingerprint density at radius 1 is 1.20 bits per heavy atom. The molecule has 1 unspecified atom stereocenters. The van der Waals surface area contributed by atoms with Crippen molar-refractivity contribution < 1.29 is 19.1 Å². The first-order valence-corrected chi connectivity index (χ1v) is 8.66. The van der Waals surface area contributed by atoms with Crippen molar-refractivity contribution in [3.05, 3.63) is 29.3 Å². The van der Waals surface area contributed by atoms with Gasteiger partial charge < -0.3 is 14.8 Å². The van der Waals surface area contributed by atoms with Crippen molar-refractivity contribution in [3.63, 3.8) is 0 Å². The zero-order valence-corrected chi connectivity index (χ0v) is 15.7. The number of imide groups is 1. The average Bonchev–Trinajstić information content (AvgIpc) is 2.82. The Morgan fingerprint density at radius 2 is 1.92 bits per heavy atom. The molecule has 6 nitrogen and oxygen atoms in total. The minimum atomic E-state index is -0.507. The van der Waals surface area contributed by atoms with E-state index in [2.05, 4.69) is 5.32 Å². The van der Waals surface area contributed by atoms with Crippen molar-refractivity contribution in [3.8, 4) is 5.75 Å². The number of carbonyl (C=O) groups excluding carboxylic acids is 2. The Balaban J connectivity index is 2.14. The number of nitrogens with zero attached hydrogens (tertiary/aromatic N) is 1. The predicted octanol–water partition coefficient (Wildman–Crippen LogP) is 2.88. The number of hydrogen-bond acceptors (Lipinski definition) is 4. The maximum absolute atomic E-state index is 12.6. The van der Waals surface area contributed by atoms with Crippen LogP contribution >= 0.6 is 0 Å². The number of hydrogen-bond donors (Lipinski definition) is 1. The van der Waals surface area contributed by atoms with Crippen LogP contribution in [0.4, 0.5) is 4.79 Å². The molecule has 1 N–H and O–H groups in total. The fourth-order valence-corrected chi connectivity index (χ4v) is 2.71. The summed E-state index contributed by atoms with van der Waals surface area (Å²) in [6, 6.07) is 4.90. The van der Waals surface area contributed by atoms with Gasteiger partial charge in [-0.15, -0.1) is 0 Å². The van der Waals surface area contributed by atoms with Crippen LogP contribution in [0, 0.1) is 12.3 Å². The zero-order valence-electron chi connectivity index (χ0n) is 15.7. The molecule has 1 aliphatic rings. The smallest absolute Gasteiger partial charge is 0.325 e. The average molecular weight is 348 g/mol. The normalized spacial score (nSPS) is 17.8. The van der Waals surface area contributed by atoms with Gasteiger partial charge in [0.25, 0.3) is 5.91 Å². The number of benzene rings is 1. The first-order valence-electron chi connectivity index (χ1n) is 8.66. The molecule has 1 heterocycles. The van der Waals surface area contributed by atoms with Gasteiger partial charge in [0, 0.05) is 12.2 Å². The third-order valence-corrected chi connectivity index (χ3v) is 4.13. The Morgan fingerprint density at radius 3 is 2.52 bits per heavy atom. The number of amides is 3. The largest absolute Gasteiger partial charge is 0.491 e. The maximum Gasteiger partial charge on any atom is 0.325 e. The summed E-state index contributed by atoms with van der Waals surface area (Å²) in [5.74, 6) is 0.484. The summed E-state index contributed by atoms with van der Waals surface area (Å²) in [7, 11) is 0. The van der Waals surface area contributed by atoms with Gasteiger partial charge in [-0.1, -0.05) is 32.9 Å². The molecular weight excluding hydrogens is 320 g/mol. The molecule has 25 heavy (non-hydrogen) atoms. The summed E-state index contributed by atoms with van der Waals surface area (Å²) in [4.78, 5) is 26.1. The van der Waals surface area contributed by atoms with Gasteiger partial charge in [0.05, 0.1) is 13.2 Å². The molecule has 6 heteroatoms. The highest BCUT2D eigenvalue weighted by atomic mass is 16.5. The highest BCUT2D eigenvalue weighted by molar-refractivity contribution is 6.04. The van der Waals surface area contributed by atoms with E-state index in [9.17, 15) is 9.59 Å². The van der Waals surface area contributed by atoms with E-state index in [0.717, 1.165) is 11.1 Å². The van der Waals surface area contributed by atoms with E-state index in [1.54, 1.807) is 0 Å². The van der Waals surface area contributed by atoms with E-state index in [0.29, 0.717) is 25.6 Å². The van der Waals surface area contributed by atoms with E-state index >= 15 is 0 Å². The lowest BCUT2D eigenvalue weighted by Crippen LogP contribution is -2.41. The fourth-order valence-electron chi connectivity index (χ4n) is 2.71. The van der Waals surface area contributed by atoms with Crippen LogP contribution in [0.3, 0.4) is 0 Å². The Hall–Kier alpha value is -2.08. The quantitative estimate of drug-likeness (QED) is 0.608. The van der Waals surface area contributed by atoms with E-state index in [-0.39, 0.29) is 23.9 Å². The minimum Gasteiger partial charge on any atom is -0.491 e. The fraction of sp³-hybridized carbons (Fsp3) is 0.579. The lowest BCUT2D eigenvalue weighted by Gasteiger charge is -2.24. The van der Waals surface area contributed by atoms with Crippen LogP contribution in [-0.4, -0.2) is 42.7 Å². The molecule has 2 rings (SSSR count). The van der Waals surface area contributed by atoms with Gasteiger partial charge in [0.1, 0.15) is 18.4 Å². The molecule has 1 aromatic rings. The van der Waals surface area contributed by atoms with Crippen LogP contribution in [-0.2, 0) is 16.1 Å². The molecule has 0 spiro atoms. The monoisotopic (exact) mass is 348 g/mol. The summed E-state index contributed by atoms with van der Waals surface area (Å²) >= 11 is 0. The van der Waals surface area contributed by atoms with Gasteiger partial charge in [-0.25, -0.2) is 4.79 Å². The number of carbonyl (C=O) groups is 2. The van der Waals surface area contributed by atoms with E-state index in [1.165, 1.54) is 4.90 Å². The van der Waals surface area contributed by atoms with Crippen LogP contribution in [0.1, 0.15) is 38.8 Å². The van der Waals surface area contributed by atoms with E-state index in [1.807, 2.05) is 52.8 Å². The number of nitrogens with one attached hydrogen (secondary N) is 1. The van der Waals surface area contributed by atoms with Crippen molar-refractivity contribution in [2.75, 3.05) is 19.8 Å². The first-order chi connectivity index (χ1) is 11.7. The van der Waals surface area contributed by atoms with Crippen LogP contribution in [0.15, 0.2) is 18.2 Å². The van der Waals surface area contributed by atoms with Gasteiger partial charge in [0.15, 0.2) is 0 Å². The highest BCUT2D eigenvalue weighted by Gasteiger charge is 2.44. The maximum atomic E-state index is 12.6. The Kier molecular flexibility index (Phi) is 6.06. The molecule has 3 amide bonds. The summed E-state index contributed by atoms with van der Waals surface area (Å²) in [5.41, 5.74) is 1.53. The Bertz CT molecular complexity index is 637. The number of aryl methyl sites for hydroxylation is 1. The van der Waals surface area contributed by atoms with E-state index in [4.69, 9.17) is 9.47 Å². The molecule has 138 valence electrons. The number of ether oxygens (including phenoxy) is 2. The molecule has 0 aromatic heterocycles. The standard InChI is InChI=1S/C19H28N2O4/c1-6-24-9-10-25-15-11-13(2)7-8-14(15)12-21-17(22)16(19(3,4)5)20-18(21)23/h7-8,11,16H,6,9-10,12H2,1-5H3,(H,20,23). The summed E-state index contributed by atoms with van der Waals surface area (Å²) in [5, 5.41) is 2.78. The predicted molar refractivity (Wildman–Crippen MR) is 95.5 cm³/mol. The summed E-state index contributed by atoms with van der Waals surface area (Å²) in [6.45, 7) is 11.5. The molecular formula is C19H28N2O4. The van der Waals surface area contributed by atoms with Crippen molar-refractivity contribution in [2.45, 2.75) is 47.2 Å². The van der Waals surface area contributed by atoms with Crippen molar-refractivity contribution >= 4 is 11.9 Å². The lowest BCUT2D eigenvalue weighted by atomic mass is 9.87. The van der Waals surface area contributed by atoms with Crippen molar-refractivity contribution in [1.29, 1.82) is 0 Å². The number of urea groups is 1. The van der Waals surface area contributed by atoms with Crippen LogP contribution in [0.5, 0.6) is 5.75 Å². The second-order valence-corrected chi connectivity index (χ2v) is 7.33. The summed E-state index contributed by atoms with van der Waals surface area (Å²) in [6.07, 6.45) is 0. The molecule has 1 aromatic carbocycles. The SMILES string of the molecule is CCOCCOc1cc(C)ccc1CN1C(=O)NC(C(C)(C)C)C1=O. The third-order valence-electron chi connectivity index (χ3n) is 4.13. The molecule has 0 radical (unpaired) electrons. The van der Waals surface area contributed by atoms with Crippen LogP contribution in [0.25, 0.3) is 0 Å². The molecule has 1 saturated heterocycles. The molecule has 0 bridgehead atoms. The topological polar surface area (TPSA) is 67.9 Å². The van der Waals surface area contributed by atoms with Crippen LogP contribution < -0.4 is 10.1 Å². The van der Waals surface area contributed by atoms with Crippen LogP contribution in [0.2, 0.25) is 0 Å². The van der Waals surface area contributed by atoms with Crippen molar-refractivity contribution in [2.24, 2.45) is 5.41 Å². The van der Waals surface area contributed by atoms with Gasteiger partial charge in [-0.05, 0) is 30.9 Å². The summed E-state index contributed by atoms with van der Waals surface area (Å²) < 4.78 is 11.1. The lowest BCUT2D eigenvalue weighted by molar-refractivity contribution is -0.129. The number of rotatable bonds is 7. The molecule has 0 aliphatic carbocycles. The molecule has 0 saturated carbocycles. The minimum absolute atomic E-state index is 0.196.